The summed E-state index contributed by atoms with van der Waals surface area (Å²) in [5.41, 5.74) is 5.43. The Bertz CT molecular complexity index is 1320. The quantitative estimate of drug-likeness (QED) is 0.293. The minimum absolute atomic E-state index is 0.664. The monoisotopic (exact) mass is 402 g/mol. The van der Waals surface area contributed by atoms with Crippen molar-refractivity contribution < 1.29 is 4.74 Å². The molecule has 1 aromatic heterocycles. The summed E-state index contributed by atoms with van der Waals surface area (Å²) < 4.78 is 8.39. The van der Waals surface area contributed by atoms with E-state index in [4.69, 9.17) is 10.00 Å². The molecule has 150 valence electrons. The SMILES string of the molecule is N#Cc1ccc(-c2ccc(OCCCn3c4ccccc4c4ccccc43)cc2)cc1. The highest BCUT2D eigenvalue weighted by molar-refractivity contribution is 6.07. The molecular weight excluding hydrogens is 380 g/mol. The number of hydrogen-bond donors (Lipinski definition) is 0. The van der Waals surface area contributed by atoms with Gasteiger partial charge in [0.05, 0.1) is 18.2 Å². The average Bonchev–Trinajstić information content (AvgIpc) is 3.16. The van der Waals surface area contributed by atoms with E-state index < -0.39 is 0 Å². The van der Waals surface area contributed by atoms with Crippen LogP contribution in [0.4, 0.5) is 0 Å². The minimum atomic E-state index is 0.664. The summed E-state index contributed by atoms with van der Waals surface area (Å²) in [5, 5.41) is 11.5. The maximum atomic E-state index is 8.93. The van der Waals surface area contributed by atoms with E-state index in [1.165, 1.54) is 21.8 Å². The van der Waals surface area contributed by atoms with E-state index in [0.29, 0.717) is 12.2 Å². The van der Waals surface area contributed by atoms with Gasteiger partial charge >= 0.3 is 0 Å². The van der Waals surface area contributed by atoms with Crippen molar-refractivity contribution in [2.45, 2.75) is 13.0 Å². The molecule has 0 aliphatic rings. The van der Waals surface area contributed by atoms with Crippen molar-refractivity contribution in [1.82, 2.24) is 4.57 Å². The Labute approximate surface area is 181 Å². The molecule has 0 N–H and O–H groups in total. The van der Waals surface area contributed by atoms with Crippen LogP contribution in [-0.4, -0.2) is 11.2 Å². The van der Waals surface area contributed by atoms with Crippen LogP contribution in [0.2, 0.25) is 0 Å². The molecule has 0 bridgehead atoms. The van der Waals surface area contributed by atoms with Crippen LogP contribution in [0.1, 0.15) is 12.0 Å². The van der Waals surface area contributed by atoms with E-state index in [1.54, 1.807) is 0 Å². The number of hydrogen-bond acceptors (Lipinski definition) is 2. The highest BCUT2D eigenvalue weighted by Crippen LogP contribution is 2.29. The van der Waals surface area contributed by atoms with E-state index in [1.807, 2.05) is 36.4 Å². The first-order chi connectivity index (χ1) is 15.3. The van der Waals surface area contributed by atoms with Gasteiger partial charge in [-0.25, -0.2) is 0 Å². The zero-order valence-electron chi connectivity index (χ0n) is 17.2. The van der Waals surface area contributed by atoms with Crippen LogP contribution < -0.4 is 4.74 Å². The summed E-state index contributed by atoms with van der Waals surface area (Å²) in [6.07, 6.45) is 0.931. The zero-order chi connectivity index (χ0) is 21.0. The van der Waals surface area contributed by atoms with Gasteiger partial charge in [-0.15, -0.1) is 0 Å². The van der Waals surface area contributed by atoms with E-state index in [0.717, 1.165) is 29.8 Å². The number of aromatic nitrogens is 1. The average molecular weight is 402 g/mol. The van der Waals surface area contributed by atoms with Crippen LogP contribution in [0.3, 0.4) is 0 Å². The fourth-order valence-corrected chi connectivity index (χ4v) is 4.14. The first kappa shape index (κ1) is 19.0. The second kappa shape index (κ2) is 8.38. The standard InChI is InChI=1S/C28H22N2O/c29-20-21-10-12-22(13-11-21)23-14-16-24(17-15-23)31-19-5-18-30-27-8-3-1-6-25(27)26-7-2-4-9-28(26)30/h1-4,6-17H,5,18-19H2. The summed E-state index contributed by atoms with van der Waals surface area (Å²) in [7, 11) is 0. The molecule has 5 aromatic rings. The van der Waals surface area contributed by atoms with Gasteiger partial charge in [0.2, 0.25) is 0 Å². The van der Waals surface area contributed by atoms with Crippen molar-refractivity contribution in [1.29, 1.82) is 5.26 Å². The second-order valence-electron chi connectivity index (χ2n) is 7.60. The van der Waals surface area contributed by atoms with Crippen molar-refractivity contribution in [3.63, 3.8) is 0 Å². The van der Waals surface area contributed by atoms with Gasteiger partial charge in [-0.05, 0) is 53.9 Å². The highest BCUT2D eigenvalue weighted by atomic mass is 16.5. The van der Waals surface area contributed by atoms with Crippen LogP contribution >= 0.6 is 0 Å². The molecule has 0 atom stereocenters. The van der Waals surface area contributed by atoms with Crippen molar-refractivity contribution in [2.75, 3.05) is 6.61 Å². The van der Waals surface area contributed by atoms with Crippen LogP contribution in [0.25, 0.3) is 32.9 Å². The fourth-order valence-electron chi connectivity index (χ4n) is 4.14. The van der Waals surface area contributed by atoms with Gasteiger partial charge in [0.1, 0.15) is 5.75 Å². The molecule has 4 aromatic carbocycles. The summed E-state index contributed by atoms with van der Waals surface area (Å²) in [4.78, 5) is 0. The Morgan fingerprint density at radius 3 is 1.81 bits per heavy atom. The van der Waals surface area contributed by atoms with Crippen molar-refractivity contribution in [3.05, 3.63) is 103 Å². The smallest absolute Gasteiger partial charge is 0.119 e. The molecule has 1 heterocycles. The Kier molecular flexibility index (Phi) is 5.12. The highest BCUT2D eigenvalue weighted by Gasteiger charge is 2.09. The molecule has 5 rings (SSSR count). The minimum Gasteiger partial charge on any atom is -0.494 e. The number of nitrogens with zero attached hydrogens (tertiary/aromatic N) is 2. The molecule has 0 spiro atoms. The lowest BCUT2D eigenvalue weighted by Gasteiger charge is -2.10. The van der Waals surface area contributed by atoms with E-state index in [-0.39, 0.29) is 0 Å². The molecule has 0 fully saturated rings. The van der Waals surface area contributed by atoms with Crippen LogP contribution in [0.15, 0.2) is 97.1 Å². The number of nitriles is 1. The lowest BCUT2D eigenvalue weighted by Crippen LogP contribution is -2.04. The number of benzene rings is 4. The summed E-state index contributed by atoms with van der Waals surface area (Å²) in [6.45, 7) is 1.58. The Hall–Kier alpha value is -4.03. The first-order valence-electron chi connectivity index (χ1n) is 10.5. The Morgan fingerprint density at radius 2 is 1.23 bits per heavy atom. The molecule has 0 aliphatic carbocycles. The first-order valence-corrected chi connectivity index (χ1v) is 10.5. The normalized spacial score (nSPS) is 10.9. The maximum Gasteiger partial charge on any atom is 0.119 e. The number of rotatable bonds is 6. The van der Waals surface area contributed by atoms with E-state index in [2.05, 4.69) is 71.3 Å². The molecule has 0 radical (unpaired) electrons. The second-order valence-corrected chi connectivity index (χ2v) is 7.60. The number of fused-ring (bicyclic) bond motifs is 3. The molecule has 3 heteroatoms. The molecule has 0 saturated carbocycles. The summed E-state index contributed by atoms with van der Waals surface area (Å²) in [6, 6.07) is 35.1. The molecule has 3 nitrogen and oxygen atoms in total. The summed E-state index contributed by atoms with van der Waals surface area (Å²) in [5.74, 6) is 0.875. The van der Waals surface area contributed by atoms with E-state index in [9.17, 15) is 0 Å². The summed E-state index contributed by atoms with van der Waals surface area (Å²) >= 11 is 0. The Morgan fingerprint density at radius 1 is 0.677 bits per heavy atom. The number of aryl methyl sites for hydroxylation is 1. The molecule has 0 amide bonds. The van der Waals surface area contributed by atoms with Gasteiger partial charge in [0, 0.05) is 28.4 Å². The predicted octanol–water partition coefficient (Wildman–Crippen LogP) is 6.80. The van der Waals surface area contributed by atoms with Gasteiger partial charge in [-0.3, -0.25) is 0 Å². The van der Waals surface area contributed by atoms with Crippen LogP contribution in [-0.2, 0) is 6.54 Å². The third-order valence-corrected chi connectivity index (χ3v) is 5.68. The van der Waals surface area contributed by atoms with Crippen molar-refractivity contribution >= 4 is 21.8 Å². The predicted molar refractivity (Wildman–Crippen MR) is 126 cm³/mol. The zero-order valence-corrected chi connectivity index (χ0v) is 17.2. The Balaban J connectivity index is 1.24. The van der Waals surface area contributed by atoms with E-state index >= 15 is 0 Å². The van der Waals surface area contributed by atoms with Gasteiger partial charge in [-0.1, -0.05) is 60.7 Å². The van der Waals surface area contributed by atoms with Crippen molar-refractivity contribution in [2.24, 2.45) is 0 Å². The van der Waals surface area contributed by atoms with Gasteiger partial charge in [0.15, 0.2) is 0 Å². The largest absolute Gasteiger partial charge is 0.494 e. The number of para-hydroxylation sites is 2. The lowest BCUT2D eigenvalue weighted by molar-refractivity contribution is 0.303. The van der Waals surface area contributed by atoms with Crippen molar-refractivity contribution in [3.8, 4) is 22.9 Å². The molecule has 31 heavy (non-hydrogen) atoms. The molecule has 0 aliphatic heterocycles. The number of ether oxygens (including phenoxy) is 1. The maximum absolute atomic E-state index is 8.93. The van der Waals surface area contributed by atoms with Crippen LogP contribution in [0.5, 0.6) is 5.75 Å². The third-order valence-electron chi connectivity index (χ3n) is 5.68. The van der Waals surface area contributed by atoms with Gasteiger partial charge < -0.3 is 9.30 Å². The molecular formula is C28H22N2O. The molecule has 0 unspecified atom stereocenters. The van der Waals surface area contributed by atoms with Gasteiger partial charge in [-0.2, -0.15) is 5.26 Å². The van der Waals surface area contributed by atoms with Gasteiger partial charge in [0.25, 0.3) is 0 Å². The fraction of sp³-hybridized carbons (Fsp3) is 0.107. The molecule has 0 saturated heterocycles. The lowest BCUT2D eigenvalue weighted by atomic mass is 10.0. The topological polar surface area (TPSA) is 37.9 Å². The third kappa shape index (κ3) is 3.76. The van der Waals surface area contributed by atoms with Crippen LogP contribution in [0, 0.1) is 11.3 Å².